The molecule has 2 aromatic heterocycles. The minimum atomic E-state index is -0.0735. The van der Waals surface area contributed by atoms with Gasteiger partial charge in [0.1, 0.15) is 0 Å². The number of benzene rings is 2. The Labute approximate surface area is 127 Å². The molecule has 108 valence electrons. The maximum Gasteiger partial charge on any atom is 0.280 e. The predicted molar refractivity (Wildman–Crippen MR) is 88.7 cm³/mol. The third-order valence-corrected chi connectivity index (χ3v) is 3.98. The molecule has 0 saturated heterocycles. The van der Waals surface area contributed by atoms with E-state index in [1.165, 1.54) is 5.56 Å². The van der Waals surface area contributed by atoms with Crippen LogP contribution in [0.4, 0.5) is 0 Å². The average Bonchev–Trinajstić information content (AvgIpc) is 2.84. The first-order valence-electron chi connectivity index (χ1n) is 7.21. The van der Waals surface area contributed by atoms with Crippen molar-refractivity contribution in [3.63, 3.8) is 0 Å². The van der Waals surface area contributed by atoms with Gasteiger partial charge in [-0.2, -0.15) is 0 Å². The lowest BCUT2D eigenvalue weighted by atomic mass is 10.0. The lowest BCUT2D eigenvalue weighted by molar-refractivity contribution is 0.864. The van der Waals surface area contributed by atoms with Crippen molar-refractivity contribution in [2.24, 2.45) is 0 Å². The van der Waals surface area contributed by atoms with E-state index in [0.717, 1.165) is 27.7 Å². The van der Waals surface area contributed by atoms with Crippen LogP contribution < -0.4 is 5.56 Å². The molecule has 0 fully saturated rings. The highest BCUT2D eigenvalue weighted by Crippen LogP contribution is 2.25. The van der Waals surface area contributed by atoms with Crippen LogP contribution in [0.1, 0.15) is 11.1 Å². The topological polar surface area (TPSA) is 50.7 Å². The summed E-state index contributed by atoms with van der Waals surface area (Å²) in [6.45, 7) is 4.10. The number of H-pyrrole nitrogens is 1. The van der Waals surface area contributed by atoms with Gasteiger partial charge in [-0.1, -0.05) is 24.3 Å². The number of rotatable bonds is 1. The summed E-state index contributed by atoms with van der Waals surface area (Å²) in [4.78, 5) is 17.1. The van der Waals surface area contributed by atoms with Crippen molar-refractivity contribution >= 4 is 21.8 Å². The van der Waals surface area contributed by atoms with E-state index in [1.54, 1.807) is 10.9 Å². The van der Waals surface area contributed by atoms with E-state index in [0.29, 0.717) is 5.39 Å². The maximum atomic E-state index is 12.6. The maximum absolute atomic E-state index is 12.6. The van der Waals surface area contributed by atoms with Gasteiger partial charge >= 0.3 is 0 Å². The lowest BCUT2D eigenvalue weighted by Crippen LogP contribution is -2.13. The van der Waals surface area contributed by atoms with Gasteiger partial charge in [-0.25, -0.2) is 4.68 Å². The molecule has 4 heteroatoms. The SMILES string of the molecule is Cc1cc(C)c2c(c1)ncc1c(=O)n(-c3ccccc3)[nH]c12. The van der Waals surface area contributed by atoms with Gasteiger partial charge in [-0.3, -0.25) is 14.9 Å². The Morgan fingerprint density at radius 3 is 2.64 bits per heavy atom. The van der Waals surface area contributed by atoms with E-state index in [9.17, 15) is 4.79 Å². The Hall–Kier alpha value is -2.88. The Kier molecular flexibility index (Phi) is 2.66. The van der Waals surface area contributed by atoms with Crippen LogP contribution in [0, 0.1) is 13.8 Å². The Bertz CT molecular complexity index is 1060. The molecule has 0 bridgehead atoms. The third kappa shape index (κ3) is 1.77. The number of fused-ring (bicyclic) bond motifs is 3. The zero-order chi connectivity index (χ0) is 15.3. The van der Waals surface area contributed by atoms with Crippen LogP contribution >= 0.6 is 0 Å². The number of nitrogens with zero attached hydrogens (tertiary/aromatic N) is 2. The zero-order valence-corrected chi connectivity index (χ0v) is 12.4. The van der Waals surface area contributed by atoms with Crippen LogP contribution in [0.15, 0.2) is 53.5 Å². The predicted octanol–water partition coefficient (Wildman–Crippen LogP) is 3.48. The molecular formula is C18H15N3O. The summed E-state index contributed by atoms with van der Waals surface area (Å²) in [5.74, 6) is 0. The van der Waals surface area contributed by atoms with E-state index in [1.807, 2.05) is 36.4 Å². The molecule has 2 aromatic carbocycles. The average molecular weight is 289 g/mol. The summed E-state index contributed by atoms with van der Waals surface area (Å²) in [5, 5.41) is 4.87. The summed E-state index contributed by atoms with van der Waals surface area (Å²) in [7, 11) is 0. The van der Waals surface area contributed by atoms with Crippen molar-refractivity contribution in [2.45, 2.75) is 13.8 Å². The Morgan fingerprint density at radius 2 is 1.86 bits per heavy atom. The van der Waals surface area contributed by atoms with Crippen LogP contribution in [-0.4, -0.2) is 14.8 Å². The molecule has 0 saturated carbocycles. The van der Waals surface area contributed by atoms with Crippen LogP contribution in [0.25, 0.3) is 27.5 Å². The highest BCUT2D eigenvalue weighted by molar-refractivity contribution is 6.04. The fourth-order valence-corrected chi connectivity index (χ4v) is 3.03. The molecule has 0 unspecified atom stereocenters. The zero-order valence-electron chi connectivity index (χ0n) is 12.4. The van der Waals surface area contributed by atoms with Gasteiger partial charge in [0.2, 0.25) is 0 Å². The molecule has 0 radical (unpaired) electrons. The fraction of sp³-hybridized carbons (Fsp3) is 0.111. The summed E-state index contributed by atoms with van der Waals surface area (Å²) in [6.07, 6.45) is 1.66. The summed E-state index contributed by atoms with van der Waals surface area (Å²) >= 11 is 0. The molecule has 4 nitrogen and oxygen atoms in total. The van der Waals surface area contributed by atoms with E-state index in [4.69, 9.17) is 0 Å². The summed E-state index contributed by atoms with van der Waals surface area (Å²) < 4.78 is 1.57. The minimum absolute atomic E-state index is 0.0735. The van der Waals surface area contributed by atoms with E-state index in [2.05, 4.69) is 30.0 Å². The number of para-hydroxylation sites is 1. The number of aromatic nitrogens is 3. The quantitative estimate of drug-likeness (QED) is 0.583. The van der Waals surface area contributed by atoms with Gasteiger partial charge in [-0.05, 0) is 43.2 Å². The highest BCUT2D eigenvalue weighted by Gasteiger charge is 2.13. The van der Waals surface area contributed by atoms with E-state index < -0.39 is 0 Å². The number of pyridine rings is 1. The number of hydrogen-bond acceptors (Lipinski definition) is 2. The summed E-state index contributed by atoms with van der Waals surface area (Å²) in [6, 6.07) is 13.7. The molecular weight excluding hydrogens is 274 g/mol. The first-order valence-corrected chi connectivity index (χ1v) is 7.21. The number of nitrogens with one attached hydrogen (secondary N) is 1. The molecule has 0 amide bonds. The molecule has 0 aliphatic rings. The number of aryl methyl sites for hydroxylation is 2. The van der Waals surface area contributed by atoms with Crippen LogP contribution in [0.3, 0.4) is 0 Å². The normalized spacial score (nSPS) is 11.4. The second-order valence-corrected chi connectivity index (χ2v) is 5.61. The van der Waals surface area contributed by atoms with Crippen molar-refractivity contribution in [3.05, 3.63) is 70.1 Å². The van der Waals surface area contributed by atoms with Crippen molar-refractivity contribution in [3.8, 4) is 5.69 Å². The Morgan fingerprint density at radius 1 is 1.09 bits per heavy atom. The lowest BCUT2D eigenvalue weighted by Gasteiger charge is -2.04. The first kappa shape index (κ1) is 12.8. The number of hydrogen-bond donors (Lipinski definition) is 1. The minimum Gasteiger partial charge on any atom is -0.290 e. The smallest absolute Gasteiger partial charge is 0.280 e. The number of aromatic amines is 1. The summed E-state index contributed by atoms with van der Waals surface area (Å²) in [5.41, 5.74) is 4.79. The molecule has 0 aliphatic heterocycles. The standard InChI is InChI=1S/C18H15N3O/c1-11-8-12(2)16-15(9-11)19-10-14-17(16)20-21(18(14)22)13-6-4-3-5-7-13/h3-10,20H,1-2H3. The van der Waals surface area contributed by atoms with Crippen molar-refractivity contribution < 1.29 is 0 Å². The molecule has 4 rings (SSSR count). The van der Waals surface area contributed by atoms with Crippen LogP contribution in [-0.2, 0) is 0 Å². The van der Waals surface area contributed by atoms with Gasteiger partial charge in [0.25, 0.3) is 5.56 Å². The fourth-order valence-electron chi connectivity index (χ4n) is 3.03. The van der Waals surface area contributed by atoms with Crippen molar-refractivity contribution in [2.75, 3.05) is 0 Å². The van der Waals surface area contributed by atoms with E-state index in [-0.39, 0.29) is 5.56 Å². The molecule has 2 heterocycles. The van der Waals surface area contributed by atoms with E-state index >= 15 is 0 Å². The van der Waals surface area contributed by atoms with Gasteiger partial charge in [0.05, 0.1) is 22.1 Å². The molecule has 1 N–H and O–H groups in total. The first-order chi connectivity index (χ1) is 10.6. The second kappa shape index (κ2) is 4.56. The van der Waals surface area contributed by atoms with Gasteiger partial charge in [0, 0.05) is 11.6 Å². The van der Waals surface area contributed by atoms with Gasteiger partial charge in [0.15, 0.2) is 0 Å². The van der Waals surface area contributed by atoms with Crippen LogP contribution in [0.5, 0.6) is 0 Å². The van der Waals surface area contributed by atoms with Gasteiger partial charge in [-0.15, -0.1) is 0 Å². The molecule has 0 aliphatic carbocycles. The molecule has 0 atom stereocenters. The highest BCUT2D eigenvalue weighted by atomic mass is 16.1. The second-order valence-electron chi connectivity index (χ2n) is 5.61. The third-order valence-electron chi connectivity index (χ3n) is 3.98. The van der Waals surface area contributed by atoms with Crippen molar-refractivity contribution in [1.29, 1.82) is 0 Å². The largest absolute Gasteiger partial charge is 0.290 e. The van der Waals surface area contributed by atoms with Crippen LogP contribution in [0.2, 0.25) is 0 Å². The monoisotopic (exact) mass is 289 g/mol. The van der Waals surface area contributed by atoms with Gasteiger partial charge < -0.3 is 0 Å². The molecule has 22 heavy (non-hydrogen) atoms. The van der Waals surface area contributed by atoms with Crippen molar-refractivity contribution in [1.82, 2.24) is 14.8 Å². The Balaban J connectivity index is 2.14. The molecule has 0 spiro atoms. The molecule has 4 aromatic rings.